The van der Waals surface area contributed by atoms with Crippen LogP contribution in [0.3, 0.4) is 0 Å². The molecule has 1 aromatic rings. The lowest BCUT2D eigenvalue weighted by Gasteiger charge is -2.22. The Kier molecular flexibility index (Phi) is 4.28. The van der Waals surface area contributed by atoms with Gasteiger partial charge in [-0.1, -0.05) is 0 Å². The SMILES string of the molecule is CN(C)NC(CN)c1cc(F)c(F)cc1F. The topological polar surface area (TPSA) is 41.3 Å². The van der Waals surface area contributed by atoms with Crippen molar-refractivity contribution in [2.24, 2.45) is 5.73 Å². The number of rotatable bonds is 4. The van der Waals surface area contributed by atoms with Gasteiger partial charge >= 0.3 is 0 Å². The number of benzene rings is 1. The smallest absolute Gasteiger partial charge is 0.161 e. The quantitative estimate of drug-likeness (QED) is 0.606. The first kappa shape index (κ1) is 13.0. The van der Waals surface area contributed by atoms with Crippen LogP contribution < -0.4 is 11.2 Å². The van der Waals surface area contributed by atoms with Crippen LogP contribution in [-0.4, -0.2) is 25.6 Å². The molecule has 0 radical (unpaired) electrons. The fourth-order valence-corrected chi connectivity index (χ4v) is 1.37. The van der Waals surface area contributed by atoms with Gasteiger partial charge in [-0.2, -0.15) is 0 Å². The van der Waals surface area contributed by atoms with E-state index in [1.54, 1.807) is 19.1 Å². The zero-order chi connectivity index (χ0) is 12.3. The third kappa shape index (κ3) is 2.94. The van der Waals surface area contributed by atoms with Gasteiger partial charge in [0.05, 0.1) is 6.04 Å². The molecule has 0 heterocycles. The molecule has 0 saturated heterocycles. The summed E-state index contributed by atoms with van der Waals surface area (Å²) < 4.78 is 39.1. The van der Waals surface area contributed by atoms with Gasteiger partial charge in [0.15, 0.2) is 11.6 Å². The molecule has 0 aromatic heterocycles. The third-order valence-corrected chi connectivity index (χ3v) is 2.06. The summed E-state index contributed by atoms with van der Waals surface area (Å²) in [6.45, 7) is 0.0696. The van der Waals surface area contributed by atoms with E-state index in [-0.39, 0.29) is 12.1 Å². The van der Waals surface area contributed by atoms with Crippen molar-refractivity contribution in [1.82, 2.24) is 10.4 Å². The van der Waals surface area contributed by atoms with Crippen molar-refractivity contribution in [2.45, 2.75) is 6.04 Å². The van der Waals surface area contributed by atoms with Crippen LogP contribution in [0.15, 0.2) is 12.1 Å². The van der Waals surface area contributed by atoms with E-state index in [9.17, 15) is 13.2 Å². The molecular weight excluding hydrogens is 219 g/mol. The number of halogens is 3. The van der Waals surface area contributed by atoms with E-state index in [0.29, 0.717) is 6.07 Å². The summed E-state index contributed by atoms with van der Waals surface area (Å²) in [5.74, 6) is -3.11. The summed E-state index contributed by atoms with van der Waals surface area (Å²) >= 11 is 0. The molecule has 3 N–H and O–H groups in total. The van der Waals surface area contributed by atoms with Gasteiger partial charge in [0, 0.05) is 32.3 Å². The van der Waals surface area contributed by atoms with Gasteiger partial charge < -0.3 is 5.73 Å². The molecule has 0 aliphatic rings. The maximum Gasteiger partial charge on any atom is 0.161 e. The van der Waals surface area contributed by atoms with Crippen LogP contribution in [-0.2, 0) is 0 Å². The number of nitrogens with two attached hydrogens (primary N) is 1. The molecule has 90 valence electrons. The zero-order valence-corrected chi connectivity index (χ0v) is 9.10. The van der Waals surface area contributed by atoms with Crippen molar-refractivity contribution in [3.63, 3.8) is 0 Å². The van der Waals surface area contributed by atoms with Crippen LogP contribution in [0.2, 0.25) is 0 Å². The molecule has 0 aliphatic carbocycles. The molecule has 1 aromatic carbocycles. The Morgan fingerprint density at radius 3 is 2.25 bits per heavy atom. The largest absolute Gasteiger partial charge is 0.329 e. The molecule has 0 bridgehead atoms. The van der Waals surface area contributed by atoms with Crippen LogP contribution in [0.1, 0.15) is 11.6 Å². The van der Waals surface area contributed by atoms with Gasteiger partial charge in [0.25, 0.3) is 0 Å². The highest BCUT2D eigenvalue weighted by molar-refractivity contribution is 5.23. The summed E-state index contributed by atoms with van der Waals surface area (Å²) in [4.78, 5) is 0. The van der Waals surface area contributed by atoms with Crippen LogP contribution >= 0.6 is 0 Å². The predicted octanol–water partition coefficient (Wildman–Crippen LogP) is 1.17. The van der Waals surface area contributed by atoms with E-state index in [1.165, 1.54) is 0 Å². The Balaban J connectivity index is 3.05. The first-order valence-corrected chi connectivity index (χ1v) is 4.73. The molecule has 0 spiro atoms. The molecule has 6 heteroatoms. The predicted molar refractivity (Wildman–Crippen MR) is 54.9 cm³/mol. The zero-order valence-electron chi connectivity index (χ0n) is 9.10. The lowest BCUT2D eigenvalue weighted by molar-refractivity contribution is 0.242. The van der Waals surface area contributed by atoms with Crippen LogP contribution in [0.4, 0.5) is 13.2 Å². The summed E-state index contributed by atoms with van der Waals surface area (Å²) in [6, 6.07) is 0.744. The molecule has 16 heavy (non-hydrogen) atoms. The van der Waals surface area contributed by atoms with Crippen molar-refractivity contribution in [2.75, 3.05) is 20.6 Å². The second-order valence-electron chi connectivity index (χ2n) is 3.60. The number of nitrogens with zero attached hydrogens (tertiary/aromatic N) is 1. The van der Waals surface area contributed by atoms with Crippen molar-refractivity contribution >= 4 is 0 Å². The van der Waals surface area contributed by atoms with Gasteiger partial charge in [-0.25, -0.2) is 23.6 Å². The Bertz CT molecular complexity index is 369. The van der Waals surface area contributed by atoms with E-state index in [1.807, 2.05) is 0 Å². The molecule has 1 unspecified atom stereocenters. The summed E-state index contributed by atoms with van der Waals surface area (Å²) in [5.41, 5.74) is 8.26. The van der Waals surface area contributed by atoms with Crippen molar-refractivity contribution in [1.29, 1.82) is 0 Å². The minimum atomic E-state index is -1.21. The first-order valence-electron chi connectivity index (χ1n) is 4.73. The molecule has 0 amide bonds. The van der Waals surface area contributed by atoms with E-state index in [0.717, 1.165) is 6.07 Å². The lowest BCUT2D eigenvalue weighted by Crippen LogP contribution is -2.38. The molecule has 3 nitrogen and oxygen atoms in total. The molecule has 0 aliphatic heterocycles. The summed E-state index contributed by atoms with van der Waals surface area (Å²) in [6.07, 6.45) is 0. The maximum absolute atomic E-state index is 13.4. The monoisotopic (exact) mass is 233 g/mol. The highest BCUT2D eigenvalue weighted by Crippen LogP contribution is 2.19. The Morgan fingerprint density at radius 2 is 1.75 bits per heavy atom. The second kappa shape index (κ2) is 5.29. The van der Waals surface area contributed by atoms with Crippen molar-refractivity contribution < 1.29 is 13.2 Å². The fourth-order valence-electron chi connectivity index (χ4n) is 1.37. The Morgan fingerprint density at radius 1 is 1.19 bits per heavy atom. The lowest BCUT2D eigenvalue weighted by atomic mass is 10.1. The minimum absolute atomic E-state index is 0.00935. The van der Waals surface area contributed by atoms with Gasteiger partial charge in [0.2, 0.25) is 0 Å². The average molecular weight is 233 g/mol. The average Bonchev–Trinajstić information content (AvgIpc) is 2.20. The standard InChI is InChI=1S/C10H14F3N3/c1-16(2)15-10(5-14)6-3-8(12)9(13)4-7(6)11/h3-4,10,15H,5,14H2,1-2H3. The summed E-state index contributed by atoms with van der Waals surface area (Å²) in [7, 11) is 3.39. The molecule has 1 rings (SSSR count). The Labute approximate surface area is 92.0 Å². The minimum Gasteiger partial charge on any atom is -0.329 e. The molecule has 0 saturated carbocycles. The maximum atomic E-state index is 13.4. The van der Waals surface area contributed by atoms with Crippen LogP contribution in [0.25, 0.3) is 0 Å². The van der Waals surface area contributed by atoms with Gasteiger partial charge in [-0.15, -0.1) is 0 Å². The highest BCUT2D eigenvalue weighted by Gasteiger charge is 2.18. The third-order valence-electron chi connectivity index (χ3n) is 2.06. The normalized spacial score (nSPS) is 13.2. The molecular formula is C10H14F3N3. The van der Waals surface area contributed by atoms with E-state index >= 15 is 0 Å². The van der Waals surface area contributed by atoms with Crippen molar-refractivity contribution in [3.05, 3.63) is 35.1 Å². The van der Waals surface area contributed by atoms with Gasteiger partial charge in [-0.05, 0) is 6.07 Å². The van der Waals surface area contributed by atoms with Gasteiger partial charge in [0.1, 0.15) is 5.82 Å². The first-order chi connectivity index (χ1) is 7.45. The Hall–Kier alpha value is -1.11. The second-order valence-corrected chi connectivity index (χ2v) is 3.60. The van der Waals surface area contributed by atoms with E-state index in [4.69, 9.17) is 5.73 Å². The number of hydrogen-bond acceptors (Lipinski definition) is 3. The fraction of sp³-hybridized carbons (Fsp3) is 0.400. The van der Waals surface area contributed by atoms with Crippen LogP contribution in [0, 0.1) is 17.5 Å². The van der Waals surface area contributed by atoms with E-state index in [2.05, 4.69) is 5.43 Å². The van der Waals surface area contributed by atoms with E-state index < -0.39 is 23.5 Å². The number of nitrogens with one attached hydrogen (secondary N) is 1. The number of hydrazine groups is 1. The van der Waals surface area contributed by atoms with Crippen molar-refractivity contribution in [3.8, 4) is 0 Å². The van der Waals surface area contributed by atoms with Crippen LogP contribution in [0.5, 0.6) is 0 Å². The van der Waals surface area contributed by atoms with Gasteiger partial charge in [-0.3, -0.25) is 0 Å². The molecule has 1 atom stereocenters. The summed E-state index contributed by atoms with van der Waals surface area (Å²) in [5, 5.41) is 1.57. The highest BCUT2D eigenvalue weighted by atomic mass is 19.2. The number of hydrogen-bond donors (Lipinski definition) is 2. The molecule has 0 fully saturated rings.